The van der Waals surface area contributed by atoms with Crippen LogP contribution in [-0.4, -0.2) is 20.3 Å². The van der Waals surface area contributed by atoms with Crippen molar-refractivity contribution < 1.29 is 23.4 Å². The van der Waals surface area contributed by atoms with Crippen molar-refractivity contribution in [3.63, 3.8) is 0 Å². The Balaban J connectivity index is 1.32. The van der Waals surface area contributed by atoms with E-state index in [2.05, 4.69) is 118 Å². The number of nitrogens with zero attached hydrogens (tertiary/aromatic N) is 2. The smallest absolute Gasteiger partial charge is 0.257 e. The molecule has 0 bridgehead atoms. The number of hydrogen-bond acceptors (Lipinski definition) is 7. The van der Waals surface area contributed by atoms with Crippen LogP contribution in [-0.2, 0) is 5.41 Å². The highest BCUT2D eigenvalue weighted by Crippen LogP contribution is 2.50. The van der Waals surface area contributed by atoms with Gasteiger partial charge in [0.2, 0.25) is 19.5 Å². The van der Waals surface area contributed by atoms with Gasteiger partial charge in [-0.3, -0.25) is 4.90 Å². The van der Waals surface area contributed by atoms with Gasteiger partial charge in [0.25, 0.3) is 6.71 Å². The predicted molar refractivity (Wildman–Crippen MR) is 195 cm³/mol. The van der Waals surface area contributed by atoms with Crippen LogP contribution in [0, 0.1) is 20.8 Å². The number of ether oxygens (including phenoxy) is 4. The molecule has 5 heterocycles. The first-order valence-electron chi connectivity index (χ1n) is 16.9. The minimum atomic E-state index is -0.121. The summed E-state index contributed by atoms with van der Waals surface area (Å²) in [6.07, 6.45) is 0. The second kappa shape index (κ2) is 9.78. The van der Waals surface area contributed by atoms with Crippen molar-refractivity contribution in [2.75, 3.05) is 23.4 Å². The number of rotatable bonds is 2. The van der Waals surface area contributed by atoms with Crippen molar-refractivity contribution in [3.05, 3.63) is 101 Å². The van der Waals surface area contributed by atoms with Crippen LogP contribution in [0.5, 0.6) is 23.0 Å². The zero-order valence-electron chi connectivity index (χ0n) is 28.4. The summed E-state index contributed by atoms with van der Waals surface area (Å²) in [5.74, 6) is 3.83. The normalized spacial score (nSPS) is 15.1. The quantitative estimate of drug-likeness (QED) is 0.176. The zero-order chi connectivity index (χ0) is 33.3. The predicted octanol–water partition coefficient (Wildman–Crippen LogP) is 8.20. The minimum absolute atomic E-state index is 0.0228. The molecule has 10 rings (SSSR count). The van der Waals surface area contributed by atoms with Crippen LogP contribution in [0.2, 0.25) is 0 Å². The van der Waals surface area contributed by atoms with Gasteiger partial charge >= 0.3 is 0 Å². The first-order valence-corrected chi connectivity index (χ1v) is 16.9. The van der Waals surface area contributed by atoms with Crippen LogP contribution in [0.1, 0.15) is 43.0 Å². The Hall–Kier alpha value is -5.50. The second-order valence-electron chi connectivity index (χ2n) is 14.6. The Kier molecular flexibility index (Phi) is 5.69. The number of para-hydroxylation sites is 1. The van der Waals surface area contributed by atoms with Gasteiger partial charge in [0.05, 0.1) is 11.4 Å². The van der Waals surface area contributed by atoms with Gasteiger partial charge in [0.1, 0.15) is 5.58 Å². The summed E-state index contributed by atoms with van der Waals surface area (Å²) in [4.78, 5) is 4.72. The standard InChI is InChI=1S/C41H35BN2O5/c1-22-13-30-38-31(14-22)44(39-23(2)15-25(16-24(39)3)41(4,5)6)40-37(27-9-7-8-10-32(27)49-40)42(38)28-18-35-36(48-21-47-35)19-29(28)43(30)26-11-12-33-34(17-26)46-20-45-33/h7-19H,20-21H2,1-6H3. The molecule has 1 aromatic heterocycles. The third-order valence-corrected chi connectivity index (χ3v) is 10.4. The Morgan fingerprint density at radius 3 is 2.02 bits per heavy atom. The second-order valence-corrected chi connectivity index (χ2v) is 14.6. The van der Waals surface area contributed by atoms with Crippen LogP contribution < -0.4 is 45.1 Å². The van der Waals surface area contributed by atoms with Crippen molar-refractivity contribution in [2.24, 2.45) is 0 Å². The summed E-state index contributed by atoms with van der Waals surface area (Å²) in [7, 11) is 0. The molecule has 6 aromatic rings. The van der Waals surface area contributed by atoms with Crippen molar-refractivity contribution in [2.45, 2.75) is 47.0 Å². The van der Waals surface area contributed by atoms with Crippen LogP contribution in [0.15, 0.2) is 83.3 Å². The molecule has 0 unspecified atom stereocenters. The van der Waals surface area contributed by atoms with Crippen LogP contribution in [0.4, 0.5) is 34.3 Å². The van der Waals surface area contributed by atoms with Crippen molar-refractivity contribution in [1.82, 2.24) is 0 Å². The van der Waals surface area contributed by atoms with Crippen molar-refractivity contribution in [1.29, 1.82) is 0 Å². The lowest BCUT2D eigenvalue weighted by atomic mass is 9.33. The lowest BCUT2D eigenvalue weighted by Crippen LogP contribution is -2.61. The van der Waals surface area contributed by atoms with Crippen LogP contribution in [0.3, 0.4) is 0 Å². The van der Waals surface area contributed by atoms with Crippen molar-refractivity contribution in [3.8, 4) is 23.0 Å². The molecule has 0 N–H and O–H groups in total. The summed E-state index contributed by atoms with van der Waals surface area (Å²) in [5.41, 5.74) is 14.6. The molecule has 7 nitrogen and oxygen atoms in total. The van der Waals surface area contributed by atoms with E-state index in [0.29, 0.717) is 0 Å². The van der Waals surface area contributed by atoms with E-state index in [1.807, 2.05) is 12.1 Å². The average Bonchev–Trinajstić information content (AvgIpc) is 3.82. The molecule has 0 saturated heterocycles. The van der Waals surface area contributed by atoms with Gasteiger partial charge in [-0.05, 0) is 95.8 Å². The first kappa shape index (κ1) is 28.5. The van der Waals surface area contributed by atoms with E-state index in [0.717, 1.165) is 84.8 Å². The molecule has 0 fully saturated rings. The molecule has 8 heteroatoms. The fourth-order valence-electron chi connectivity index (χ4n) is 8.26. The fraction of sp³-hybridized carbons (Fsp3) is 0.220. The molecule has 0 aliphatic carbocycles. The summed E-state index contributed by atoms with van der Waals surface area (Å²) in [6, 6.07) is 28.2. The molecule has 0 radical (unpaired) electrons. The molecule has 5 aromatic carbocycles. The number of benzene rings is 5. The van der Waals surface area contributed by atoms with E-state index in [9.17, 15) is 0 Å². The van der Waals surface area contributed by atoms with Crippen LogP contribution in [0.25, 0.3) is 11.0 Å². The van der Waals surface area contributed by atoms with E-state index >= 15 is 0 Å². The van der Waals surface area contributed by atoms with E-state index in [-0.39, 0.29) is 25.7 Å². The largest absolute Gasteiger partial charge is 0.454 e. The molecule has 4 aliphatic rings. The lowest BCUT2D eigenvalue weighted by molar-refractivity contribution is 0.173. The van der Waals surface area contributed by atoms with Gasteiger partial charge < -0.3 is 28.3 Å². The Bertz CT molecular complexity index is 2380. The van der Waals surface area contributed by atoms with Gasteiger partial charge in [-0.1, -0.05) is 51.1 Å². The third kappa shape index (κ3) is 3.97. The molecule has 4 aliphatic heterocycles. The van der Waals surface area contributed by atoms with Crippen molar-refractivity contribution >= 4 is 68.4 Å². The topological polar surface area (TPSA) is 56.5 Å². The van der Waals surface area contributed by atoms with E-state index in [1.54, 1.807) is 0 Å². The molecule has 0 saturated carbocycles. The number of fused-ring (bicyclic) bond motifs is 8. The average molecular weight is 647 g/mol. The van der Waals surface area contributed by atoms with Gasteiger partial charge in [0.15, 0.2) is 23.0 Å². The number of furan rings is 1. The highest BCUT2D eigenvalue weighted by molar-refractivity contribution is 7.01. The molecular weight excluding hydrogens is 611 g/mol. The molecule has 242 valence electrons. The maximum atomic E-state index is 6.95. The molecule has 0 amide bonds. The maximum Gasteiger partial charge on any atom is 0.257 e. The number of aryl methyl sites for hydroxylation is 3. The lowest BCUT2D eigenvalue weighted by Gasteiger charge is -2.43. The Morgan fingerprint density at radius 1 is 0.633 bits per heavy atom. The van der Waals surface area contributed by atoms with Gasteiger partial charge in [-0.2, -0.15) is 0 Å². The fourth-order valence-corrected chi connectivity index (χ4v) is 8.26. The molecular formula is C41H35BN2O5. The first-order chi connectivity index (χ1) is 23.7. The van der Waals surface area contributed by atoms with E-state index < -0.39 is 0 Å². The molecule has 0 spiro atoms. The third-order valence-electron chi connectivity index (χ3n) is 10.4. The highest BCUT2D eigenvalue weighted by Gasteiger charge is 2.47. The van der Waals surface area contributed by atoms with Gasteiger partial charge in [-0.25, -0.2) is 0 Å². The van der Waals surface area contributed by atoms with Gasteiger partial charge in [0, 0.05) is 40.0 Å². The number of hydrogen-bond donors (Lipinski definition) is 0. The zero-order valence-corrected chi connectivity index (χ0v) is 28.4. The summed E-state index contributed by atoms with van der Waals surface area (Å²) in [5, 5.41) is 1.10. The SMILES string of the molecule is Cc1cc2c3c(c1)N(c1c(C)cc(C(C)(C)C)cc1C)c1oc4ccccc4c1B3c1cc3c(cc1N2c1ccc2c(c1)OCO2)OCO3. The van der Waals surface area contributed by atoms with Crippen LogP contribution >= 0.6 is 0 Å². The number of anilines is 6. The van der Waals surface area contributed by atoms with Gasteiger partial charge in [-0.15, -0.1) is 0 Å². The molecule has 0 atom stereocenters. The summed E-state index contributed by atoms with van der Waals surface area (Å²) in [6.45, 7) is 13.7. The summed E-state index contributed by atoms with van der Waals surface area (Å²) < 4.78 is 30.6. The minimum Gasteiger partial charge on any atom is -0.454 e. The monoisotopic (exact) mass is 646 g/mol. The highest BCUT2D eigenvalue weighted by atomic mass is 16.7. The Morgan fingerprint density at radius 2 is 1.29 bits per heavy atom. The maximum absolute atomic E-state index is 6.95. The Labute approximate surface area is 285 Å². The molecule has 49 heavy (non-hydrogen) atoms. The summed E-state index contributed by atoms with van der Waals surface area (Å²) >= 11 is 0. The van der Waals surface area contributed by atoms with E-state index in [4.69, 9.17) is 23.4 Å². The van der Waals surface area contributed by atoms with E-state index in [1.165, 1.54) is 22.2 Å².